The molecule has 84 valence electrons. The van der Waals surface area contributed by atoms with E-state index in [-0.39, 0.29) is 11.0 Å². The minimum atomic E-state index is -4.78. The Morgan fingerprint density at radius 3 is 2.69 bits per heavy atom. The van der Waals surface area contributed by atoms with Crippen LogP contribution in [0.1, 0.15) is 16.1 Å². The highest BCUT2D eigenvalue weighted by Crippen LogP contribution is 2.32. The number of hydrogen-bond donors (Lipinski definition) is 2. The lowest BCUT2D eigenvalue weighted by Crippen LogP contribution is -2.15. The molecule has 2 rings (SSSR count). The Balaban J connectivity index is 2.77. The first-order chi connectivity index (χ1) is 7.39. The first-order valence-electron chi connectivity index (χ1n) is 4.18. The molecule has 0 fully saturated rings. The molecular formula is C9H5F3N2O2. The zero-order chi connectivity index (χ0) is 11.9. The average molecular weight is 230 g/mol. The van der Waals surface area contributed by atoms with Crippen LogP contribution in [0.2, 0.25) is 0 Å². The Labute approximate surface area is 86.7 Å². The highest BCUT2D eigenvalue weighted by molar-refractivity contribution is 5.93. The maximum absolute atomic E-state index is 12.5. The number of rotatable bonds is 1. The number of aromatic carboxylic acids is 1. The van der Waals surface area contributed by atoms with Crippen molar-refractivity contribution in [2.24, 2.45) is 0 Å². The minimum absolute atomic E-state index is 0.0809. The summed E-state index contributed by atoms with van der Waals surface area (Å²) in [4.78, 5) is 16.6. The monoisotopic (exact) mass is 230 g/mol. The molecule has 0 aromatic carbocycles. The van der Waals surface area contributed by atoms with Crippen LogP contribution in [0.25, 0.3) is 11.0 Å². The minimum Gasteiger partial charge on any atom is -0.478 e. The second-order valence-electron chi connectivity index (χ2n) is 3.10. The summed E-state index contributed by atoms with van der Waals surface area (Å²) < 4.78 is 37.5. The van der Waals surface area contributed by atoms with Crippen molar-refractivity contribution >= 4 is 17.0 Å². The van der Waals surface area contributed by atoms with Gasteiger partial charge in [0.1, 0.15) is 0 Å². The molecule has 7 heteroatoms. The topological polar surface area (TPSA) is 66.0 Å². The predicted octanol–water partition coefficient (Wildman–Crippen LogP) is 2.28. The van der Waals surface area contributed by atoms with E-state index in [1.807, 2.05) is 0 Å². The van der Waals surface area contributed by atoms with E-state index < -0.39 is 23.4 Å². The number of nitrogens with one attached hydrogen (secondary N) is 1. The zero-order valence-corrected chi connectivity index (χ0v) is 7.67. The number of hydrogen-bond acceptors (Lipinski definition) is 2. The van der Waals surface area contributed by atoms with Crippen LogP contribution in [0, 0.1) is 0 Å². The van der Waals surface area contributed by atoms with Gasteiger partial charge in [0.05, 0.1) is 16.6 Å². The second kappa shape index (κ2) is 3.22. The van der Waals surface area contributed by atoms with Crippen LogP contribution in [-0.4, -0.2) is 21.0 Å². The number of halogens is 3. The Hall–Kier alpha value is -2.05. The van der Waals surface area contributed by atoms with Crippen molar-refractivity contribution in [3.8, 4) is 0 Å². The van der Waals surface area contributed by atoms with Gasteiger partial charge in [-0.1, -0.05) is 0 Å². The maximum Gasteiger partial charge on any atom is 0.434 e. The highest BCUT2D eigenvalue weighted by atomic mass is 19.4. The Kier molecular flexibility index (Phi) is 2.11. The zero-order valence-electron chi connectivity index (χ0n) is 7.67. The summed E-state index contributed by atoms with van der Waals surface area (Å²) in [5.74, 6) is -1.66. The number of pyridine rings is 1. The molecule has 2 heterocycles. The van der Waals surface area contributed by atoms with Crippen LogP contribution in [0.4, 0.5) is 13.2 Å². The highest BCUT2D eigenvalue weighted by Gasteiger charge is 2.37. The molecule has 0 saturated carbocycles. The van der Waals surface area contributed by atoms with Gasteiger partial charge in [-0.25, -0.2) is 9.78 Å². The number of nitrogens with zero attached hydrogens (tertiary/aromatic N) is 1. The molecule has 16 heavy (non-hydrogen) atoms. The van der Waals surface area contributed by atoms with E-state index in [2.05, 4.69) is 9.97 Å². The number of carboxylic acids is 1. The van der Waals surface area contributed by atoms with Gasteiger partial charge in [0.15, 0.2) is 5.69 Å². The number of alkyl halides is 3. The molecule has 4 nitrogen and oxygen atoms in total. The molecule has 0 atom stereocenters. The maximum atomic E-state index is 12.5. The van der Waals surface area contributed by atoms with Crippen LogP contribution in [-0.2, 0) is 6.18 Å². The average Bonchev–Trinajstić information content (AvgIpc) is 2.60. The Bertz CT molecular complexity index is 559. The molecule has 0 saturated heterocycles. The lowest BCUT2D eigenvalue weighted by atomic mass is 10.1. The Morgan fingerprint density at radius 1 is 1.44 bits per heavy atom. The van der Waals surface area contributed by atoms with Gasteiger partial charge in [-0.3, -0.25) is 0 Å². The van der Waals surface area contributed by atoms with Crippen molar-refractivity contribution in [1.29, 1.82) is 0 Å². The van der Waals surface area contributed by atoms with Gasteiger partial charge in [0.25, 0.3) is 0 Å². The van der Waals surface area contributed by atoms with Crippen molar-refractivity contribution in [3.05, 3.63) is 29.6 Å². The lowest BCUT2D eigenvalue weighted by molar-refractivity contribution is -0.141. The van der Waals surface area contributed by atoms with E-state index in [0.29, 0.717) is 0 Å². The fraction of sp³-hybridized carbons (Fsp3) is 0.111. The van der Waals surface area contributed by atoms with Gasteiger partial charge in [0, 0.05) is 6.20 Å². The molecule has 0 aliphatic rings. The molecule has 2 N–H and O–H groups in total. The van der Waals surface area contributed by atoms with E-state index in [1.54, 1.807) is 0 Å². The fourth-order valence-electron chi connectivity index (χ4n) is 1.36. The number of carboxylic acid groups (broad SMARTS) is 1. The number of carbonyl (C=O) groups is 1. The fourth-order valence-corrected chi connectivity index (χ4v) is 1.36. The summed E-state index contributed by atoms with van der Waals surface area (Å²) in [5.41, 5.74) is -1.91. The van der Waals surface area contributed by atoms with Crippen LogP contribution < -0.4 is 0 Å². The van der Waals surface area contributed by atoms with Gasteiger partial charge in [-0.05, 0) is 12.1 Å². The smallest absolute Gasteiger partial charge is 0.434 e. The standard InChI is InChI=1S/C9H5F3N2O2/c10-9(11,12)7-4(8(15)16)3-6-5(14-7)1-2-13-6/h1-3,13H,(H,15,16). The largest absolute Gasteiger partial charge is 0.478 e. The van der Waals surface area contributed by atoms with E-state index in [1.165, 1.54) is 12.3 Å². The SMILES string of the molecule is O=C(O)c1cc2[nH]ccc2nc1C(F)(F)F. The number of aromatic amines is 1. The van der Waals surface area contributed by atoms with Crippen molar-refractivity contribution in [3.63, 3.8) is 0 Å². The molecule has 2 aromatic heterocycles. The second-order valence-corrected chi connectivity index (χ2v) is 3.10. The molecule has 0 amide bonds. The number of fused-ring (bicyclic) bond motifs is 1. The molecule has 0 spiro atoms. The summed E-state index contributed by atoms with van der Waals surface area (Å²) in [6.45, 7) is 0. The van der Waals surface area contributed by atoms with Crippen LogP contribution in [0.3, 0.4) is 0 Å². The van der Waals surface area contributed by atoms with Gasteiger partial charge in [0.2, 0.25) is 0 Å². The molecule has 0 bridgehead atoms. The lowest BCUT2D eigenvalue weighted by Gasteiger charge is -2.08. The molecule has 0 radical (unpaired) electrons. The summed E-state index contributed by atoms with van der Waals surface area (Å²) in [7, 11) is 0. The molecule has 0 aliphatic carbocycles. The number of H-pyrrole nitrogens is 1. The quantitative estimate of drug-likeness (QED) is 0.789. The third-order valence-electron chi connectivity index (χ3n) is 2.03. The van der Waals surface area contributed by atoms with Crippen LogP contribution in [0.15, 0.2) is 18.3 Å². The van der Waals surface area contributed by atoms with Crippen molar-refractivity contribution < 1.29 is 23.1 Å². The first-order valence-corrected chi connectivity index (χ1v) is 4.18. The third kappa shape index (κ3) is 1.60. The first kappa shape index (κ1) is 10.5. The molecule has 2 aromatic rings. The molecule has 0 unspecified atom stereocenters. The predicted molar refractivity (Wildman–Crippen MR) is 48.1 cm³/mol. The van der Waals surface area contributed by atoms with E-state index >= 15 is 0 Å². The van der Waals surface area contributed by atoms with Crippen molar-refractivity contribution in [1.82, 2.24) is 9.97 Å². The summed E-state index contributed by atoms with van der Waals surface area (Å²) in [6.07, 6.45) is -3.39. The van der Waals surface area contributed by atoms with Gasteiger partial charge >= 0.3 is 12.1 Å². The normalized spacial score (nSPS) is 11.9. The summed E-state index contributed by atoms with van der Waals surface area (Å²) >= 11 is 0. The van der Waals surface area contributed by atoms with Crippen LogP contribution >= 0.6 is 0 Å². The van der Waals surface area contributed by atoms with Crippen molar-refractivity contribution in [2.45, 2.75) is 6.18 Å². The summed E-state index contributed by atoms with van der Waals surface area (Å²) in [6, 6.07) is 2.27. The third-order valence-corrected chi connectivity index (χ3v) is 2.03. The summed E-state index contributed by atoms with van der Waals surface area (Å²) in [5, 5.41) is 8.67. The van der Waals surface area contributed by atoms with Gasteiger partial charge < -0.3 is 10.1 Å². The van der Waals surface area contributed by atoms with Crippen LogP contribution in [0.5, 0.6) is 0 Å². The Morgan fingerprint density at radius 2 is 2.12 bits per heavy atom. The number of aromatic nitrogens is 2. The van der Waals surface area contributed by atoms with Crippen molar-refractivity contribution in [2.75, 3.05) is 0 Å². The van der Waals surface area contributed by atoms with E-state index in [4.69, 9.17) is 5.11 Å². The van der Waals surface area contributed by atoms with Gasteiger partial charge in [-0.15, -0.1) is 0 Å². The van der Waals surface area contributed by atoms with E-state index in [0.717, 1.165) is 6.07 Å². The van der Waals surface area contributed by atoms with Gasteiger partial charge in [-0.2, -0.15) is 13.2 Å². The van der Waals surface area contributed by atoms with E-state index in [9.17, 15) is 18.0 Å². The molecule has 0 aliphatic heterocycles. The molecular weight excluding hydrogens is 225 g/mol.